The molecule has 3 saturated heterocycles. The highest BCUT2D eigenvalue weighted by Crippen LogP contribution is 2.29. The van der Waals surface area contributed by atoms with Crippen molar-refractivity contribution in [3.63, 3.8) is 0 Å². The zero-order valence-corrected chi connectivity index (χ0v) is 15.5. The number of carbonyl (C=O) groups is 2. The Balaban J connectivity index is 1.42. The Morgan fingerprint density at radius 2 is 1.78 bits per heavy atom. The lowest BCUT2D eigenvalue weighted by atomic mass is 9.94. The fraction of sp³-hybridized carbons (Fsp3) is 0.409. The van der Waals surface area contributed by atoms with Crippen LogP contribution in [0.15, 0.2) is 54.7 Å². The van der Waals surface area contributed by atoms with Crippen LogP contribution in [0, 0.1) is 5.92 Å². The number of rotatable bonds is 4. The highest BCUT2D eigenvalue weighted by molar-refractivity contribution is 5.92. The van der Waals surface area contributed by atoms with Gasteiger partial charge in [0.15, 0.2) is 0 Å². The van der Waals surface area contributed by atoms with E-state index in [1.807, 2.05) is 40.1 Å². The van der Waals surface area contributed by atoms with Gasteiger partial charge in [-0.3, -0.25) is 14.6 Å². The van der Waals surface area contributed by atoms with Crippen LogP contribution in [0.2, 0.25) is 0 Å². The topological polar surface area (TPSA) is 53.5 Å². The summed E-state index contributed by atoms with van der Waals surface area (Å²) < 4.78 is 0. The van der Waals surface area contributed by atoms with Crippen LogP contribution in [0.3, 0.4) is 0 Å². The molecule has 1 aromatic carbocycles. The summed E-state index contributed by atoms with van der Waals surface area (Å²) in [6.07, 6.45) is 5.01. The summed E-state index contributed by atoms with van der Waals surface area (Å²) in [7, 11) is 0. The molecule has 0 spiro atoms. The van der Waals surface area contributed by atoms with Gasteiger partial charge in [-0.05, 0) is 42.9 Å². The molecular weight excluding hydrogens is 338 g/mol. The second kappa shape index (κ2) is 7.91. The smallest absolute Gasteiger partial charge is 0.272 e. The third-order valence-corrected chi connectivity index (χ3v) is 5.68. The van der Waals surface area contributed by atoms with E-state index in [0.717, 1.165) is 25.8 Å². The molecule has 0 radical (unpaired) electrons. The zero-order valence-electron chi connectivity index (χ0n) is 15.5. The Morgan fingerprint density at radius 3 is 2.56 bits per heavy atom. The Kier molecular flexibility index (Phi) is 5.19. The minimum Gasteiger partial charge on any atom is -0.338 e. The quantitative estimate of drug-likeness (QED) is 0.839. The molecule has 1 aromatic heterocycles. The van der Waals surface area contributed by atoms with E-state index in [-0.39, 0.29) is 17.9 Å². The predicted octanol–water partition coefficient (Wildman–Crippen LogP) is 2.78. The molecule has 2 amide bonds. The SMILES string of the molecule is O=C(c1ccccn1)N1CC2CCC(C1)N(C(=O)CCc1ccccc1)C2. The Hall–Kier alpha value is -2.69. The molecule has 2 atom stereocenters. The van der Waals surface area contributed by atoms with Gasteiger partial charge < -0.3 is 9.80 Å². The number of aromatic nitrogens is 1. The van der Waals surface area contributed by atoms with Crippen molar-refractivity contribution in [1.29, 1.82) is 0 Å². The van der Waals surface area contributed by atoms with Crippen LogP contribution in [0.4, 0.5) is 0 Å². The maximum Gasteiger partial charge on any atom is 0.272 e. The summed E-state index contributed by atoms with van der Waals surface area (Å²) in [5.41, 5.74) is 1.68. The van der Waals surface area contributed by atoms with E-state index in [9.17, 15) is 9.59 Å². The Labute approximate surface area is 160 Å². The molecule has 0 N–H and O–H groups in total. The molecule has 5 heteroatoms. The Bertz CT molecular complexity index is 794. The van der Waals surface area contributed by atoms with Crippen LogP contribution in [-0.2, 0) is 11.2 Å². The van der Waals surface area contributed by atoms with Crippen molar-refractivity contribution in [1.82, 2.24) is 14.8 Å². The minimum atomic E-state index is -0.0221. The Morgan fingerprint density at radius 1 is 0.963 bits per heavy atom. The van der Waals surface area contributed by atoms with E-state index in [1.165, 1.54) is 5.56 Å². The number of benzene rings is 1. The molecule has 2 aromatic rings. The lowest BCUT2D eigenvalue weighted by Gasteiger charge is -2.36. The molecule has 0 saturated carbocycles. The van der Waals surface area contributed by atoms with Gasteiger partial charge in [-0.1, -0.05) is 36.4 Å². The van der Waals surface area contributed by atoms with E-state index >= 15 is 0 Å². The standard InChI is InChI=1S/C22H25N3O2/c26-21(12-10-17-6-2-1-3-7-17)25-15-18-9-11-19(25)16-24(14-18)22(27)20-8-4-5-13-23-20/h1-8,13,18-19H,9-12,14-16H2. The highest BCUT2D eigenvalue weighted by Gasteiger charge is 2.38. The van der Waals surface area contributed by atoms with E-state index in [2.05, 4.69) is 17.1 Å². The summed E-state index contributed by atoms with van der Waals surface area (Å²) in [4.78, 5) is 33.8. The molecule has 3 aliphatic rings. The summed E-state index contributed by atoms with van der Waals surface area (Å²) in [5.74, 6) is 0.545. The summed E-state index contributed by atoms with van der Waals surface area (Å²) >= 11 is 0. The molecule has 5 nitrogen and oxygen atoms in total. The van der Waals surface area contributed by atoms with Crippen molar-refractivity contribution in [2.45, 2.75) is 31.7 Å². The minimum absolute atomic E-state index is 0.0221. The second-order valence-corrected chi connectivity index (χ2v) is 7.55. The third-order valence-electron chi connectivity index (χ3n) is 5.68. The number of hydrogen-bond donors (Lipinski definition) is 0. The van der Waals surface area contributed by atoms with E-state index in [0.29, 0.717) is 31.1 Å². The maximum absolute atomic E-state index is 12.9. The number of pyridine rings is 1. The van der Waals surface area contributed by atoms with E-state index < -0.39 is 0 Å². The molecule has 3 aliphatic heterocycles. The van der Waals surface area contributed by atoms with Gasteiger partial charge in [0.1, 0.15) is 5.69 Å². The summed E-state index contributed by atoms with van der Waals surface area (Å²) in [6, 6.07) is 15.7. The molecule has 27 heavy (non-hydrogen) atoms. The zero-order chi connectivity index (χ0) is 18.6. The fourth-order valence-electron chi connectivity index (χ4n) is 4.24. The number of nitrogens with zero attached hydrogens (tertiary/aromatic N) is 3. The number of aryl methyl sites for hydroxylation is 1. The van der Waals surface area contributed by atoms with Gasteiger partial charge in [0.25, 0.3) is 5.91 Å². The third kappa shape index (κ3) is 4.02. The molecule has 2 unspecified atom stereocenters. The van der Waals surface area contributed by atoms with Gasteiger partial charge >= 0.3 is 0 Å². The van der Waals surface area contributed by atoms with Gasteiger partial charge in [-0.25, -0.2) is 0 Å². The lowest BCUT2D eigenvalue weighted by molar-refractivity contribution is -0.135. The van der Waals surface area contributed by atoms with Crippen molar-refractivity contribution >= 4 is 11.8 Å². The largest absolute Gasteiger partial charge is 0.338 e. The molecule has 2 bridgehead atoms. The number of fused-ring (bicyclic) bond motifs is 4. The second-order valence-electron chi connectivity index (χ2n) is 7.55. The maximum atomic E-state index is 12.9. The van der Waals surface area contributed by atoms with Crippen LogP contribution in [0.5, 0.6) is 0 Å². The molecule has 0 aliphatic carbocycles. The number of amides is 2. The van der Waals surface area contributed by atoms with Gasteiger partial charge in [-0.15, -0.1) is 0 Å². The first-order valence-corrected chi connectivity index (χ1v) is 9.74. The van der Waals surface area contributed by atoms with Crippen molar-refractivity contribution in [3.05, 3.63) is 66.0 Å². The number of carbonyl (C=O) groups excluding carboxylic acids is 2. The molecule has 5 rings (SSSR count). The van der Waals surface area contributed by atoms with Gasteiger partial charge in [0, 0.05) is 38.3 Å². The van der Waals surface area contributed by atoms with Gasteiger partial charge in [0.05, 0.1) is 0 Å². The molecule has 3 fully saturated rings. The first kappa shape index (κ1) is 17.7. The van der Waals surface area contributed by atoms with Crippen molar-refractivity contribution in [3.8, 4) is 0 Å². The van der Waals surface area contributed by atoms with Gasteiger partial charge in [0.2, 0.25) is 5.91 Å². The fourth-order valence-corrected chi connectivity index (χ4v) is 4.24. The molecule has 4 heterocycles. The number of hydrogen-bond acceptors (Lipinski definition) is 3. The lowest BCUT2D eigenvalue weighted by Crippen LogP contribution is -2.47. The predicted molar refractivity (Wildman–Crippen MR) is 103 cm³/mol. The van der Waals surface area contributed by atoms with Crippen LogP contribution in [0.25, 0.3) is 0 Å². The highest BCUT2D eigenvalue weighted by atomic mass is 16.2. The first-order chi connectivity index (χ1) is 13.2. The van der Waals surface area contributed by atoms with Crippen molar-refractivity contribution < 1.29 is 9.59 Å². The molecule has 140 valence electrons. The van der Waals surface area contributed by atoms with Crippen LogP contribution in [0.1, 0.15) is 35.3 Å². The molecular formula is C22H25N3O2. The average Bonchev–Trinajstić information content (AvgIpc) is 3.05. The van der Waals surface area contributed by atoms with E-state index in [4.69, 9.17) is 0 Å². The first-order valence-electron chi connectivity index (χ1n) is 9.74. The monoisotopic (exact) mass is 363 g/mol. The summed E-state index contributed by atoms with van der Waals surface area (Å²) in [5, 5.41) is 0. The average molecular weight is 363 g/mol. The van der Waals surface area contributed by atoms with Crippen molar-refractivity contribution in [2.75, 3.05) is 19.6 Å². The van der Waals surface area contributed by atoms with Crippen LogP contribution in [-0.4, -0.2) is 52.3 Å². The normalized spacial score (nSPS) is 21.8. The van der Waals surface area contributed by atoms with Crippen LogP contribution < -0.4 is 0 Å². The number of piperidine rings is 1. The van der Waals surface area contributed by atoms with Crippen LogP contribution >= 0.6 is 0 Å². The van der Waals surface area contributed by atoms with Gasteiger partial charge in [-0.2, -0.15) is 0 Å². The van der Waals surface area contributed by atoms with E-state index in [1.54, 1.807) is 12.3 Å². The van der Waals surface area contributed by atoms with Crippen molar-refractivity contribution in [2.24, 2.45) is 5.92 Å². The summed E-state index contributed by atoms with van der Waals surface area (Å²) in [6.45, 7) is 2.10.